The molecule has 0 aliphatic rings. The Morgan fingerprint density at radius 3 is 2.60 bits per heavy atom. The van der Waals surface area contributed by atoms with Crippen molar-refractivity contribution < 1.29 is 4.39 Å². The summed E-state index contributed by atoms with van der Waals surface area (Å²) in [6.45, 7) is 3.67. The molecule has 2 aromatic rings. The maximum atomic E-state index is 13.6. The van der Waals surface area contributed by atoms with E-state index in [4.69, 9.17) is 0 Å². The Morgan fingerprint density at radius 1 is 1.15 bits per heavy atom. The van der Waals surface area contributed by atoms with Crippen LogP contribution in [0.5, 0.6) is 0 Å². The summed E-state index contributed by atoms with van der Waals surface area (Å²) in [5.41, 5.74) is 2.06. The van der Waals surface area contributed by atoms with E-state index < -0.39 is 0 Å². The largest absolute Gasteiger partial charge is 0.313 e. The lowest BCUT2D eigenvalue weighted by atomic mass is 9.98. The molecule has 0 aromatic heterocycles. The van der Waals surface area contributed by atoms with E-state index in [1.54, 1.807) is 0 Å². The van der Waals surface area contributed by atoms with Gasteiger partial charge in [-0.25, -0.2) is 4.39 Å². The molecule has 3 heteroatoms. The Bertz CT molecular complexity index is 542. The molecular weight excluding hydrogens is 317 g/mol. The number of nitrogens with one attached hydrogen (secondary N) is 1. The zero-order chi connectivity index (χ0) is 14.4. The zero-order valence-electron chi connectivity index (χ0n) is 11.6. The molecule has 1 N–H and O–H groups in total. The zero-order valence-corrected chi connectivity index (χ0v) is 13.2. The monoisotopic (exact) mass is 335 g/mol. The number of halogens is 2. The molecule has 106 valence electrons. The lowest BCUT2D eigenvalue weighted by molar-refractivity contribution is 0.564. The maximum absolute atomic E-state index is 13.6. The van der Waals surface area contributed by atoms with Crippen molar-refractivity contribution in [3.05, 3.63) is 69.9 Å². The third-order valence-electron chi connectivity index (χ3n) is 3.45. The molecule has 0 aliphatic carbocycles. The van der Waals surface area contributed by atoms with Gasteiger partial charge in [-0.05, 0) is 36.6 Å². The van der Waals surface area contributed by atoms with Crippen LogP contribution in [0.1, 0.15) is 30.4 Å². The molecule has 20 heavy (non-hydrogen) atoms. The van der Waals surface area contributed by atoms with Gasteiger partial charge in [-0.1, -0.05) is 59.3 Å². The second-order valence-corrected chi connectivity index (χ2v) is 5.93. The SMILES string of the molecule is CC(CCNCc1ccc(Br)cc1F)c1ccccc1. The summed E-state index contributed by atoms with van der Waals surface area (Å²) in [5, 5.41) is 3.31. The normalized spacial score (nSPS) is 12.3. The quantitative estimate of drug-likeness (QED) is 0.742. The van der Waals surface area contributed by atoms with Crippen LogP contribution < -0.4 is 5.32 Å². The van der Waals surface area contributed by atoms with E-state index in [1.165, 1.54) is 11.6 Å². The standard InChI is InChI=1S/C17H19BrFN/c1-13(14-5-3-2-4-6-14)9-10-20-12-15-7-8-16(18)11-17(15)19/h2-8,11,13,20H,9-10,12H2,1H3. The van der Waals surface area contributed by atoms with Crippen LogP contribution in [0, 0.1) is 5.82 Å². The molecule has 2 rings (SSSR count). The van der Waals surface area contributed by atoms with E-state index in [-0.39, 0.29) is 5.82 Å². The van der Waals surface area contributed by atoms with E-state index in [9.17, 15) is 4.39 Å². The van der Waals surface area contributed by atoms with Crippen molar-refractivity contribution in [1.82, 2.24) is 5.32 Å². The van der Waals surface area contributed by atoms with Crippen LogP contribution in [0.3, 0.4) is 0 Å². The first kappa shape index (κ1) is 15.2. The van der Waals surface area contributed by atoms with Crippen LogP contribution >= 0.6 is 15.9 Å². The average molecular weight is 336 g/mol. The summed E-state index contributed by atoms with van der Waals surface area (Å²) < 4.78 is 14.4. The third-order valence-corrected chi connectivity index (χ3v) is 3.95. The molecule has 0 bridgehead atoms. The summed E-state index contributed by atoms with van der Waals surface area (Å²) in [6.07, 6.45) is 1.04. The smallest absolute Gasteiger partial charge is 0.128 e. The predicted molar refractivity (Wildman–Crippen MR) is 85.3 cm³/mol. The van der Waals surface area contributed by atoms with Gasteiger partial charge in [0.2, 0.25) is 0 Å². The van der Waals surface area contributed by atoms with Gasteiger partial charge in [-0.3, -0.25) is 0 Å². The molecule has 0 aliphatic heterocycles. The van der Waals surface area contributed by atoms with E-state index in [1.807, 2.05) is 18.2 Å². The molecule has 1 atom stereocenters. The van der Waals surface area contributed by atoms with Crippen LogP contribution in [0.15, 0.2) is 53.0 Å². The second-order valence-electron chi connectivity index (χ2n) is 5.01. The molecule has 0 radical (unpaired) electrons. The highest BCUT2D eigenvalue weighted by Gasteiger charge is 2.05. The molecule has 0 spiro atoms. The van der Waals surface area contributed by atoms with Crippen molar-refractivity contribution in [2.75, 3.05) is 6.54 Å². The Hall–Kier alpha value is -1.19. The van der Waals surface area contributed by atoms with Crippen LogP contribution in [-0.2, 0) is 6.54 Å². The highest BCUT2D eigenvalue weighted by Crippen LogP contribution is 2.18. The number of rotatable bonds is 6. The average Bonchev–Trinajstić information content (AvgIpc) is 2.46. The molecule has 1 unspecified atom stereocenters. The minimum Gasteiger partial charge on any atom is -0.313 e. The maximum Gasteiger partial charge on any atom is 0.128 e. The van der Waals surface area contributed by atoms with Gasteiger partial charge in [0.1, 0.15) is 5.82 Å². The lowest BCUT2D eigenvalue weighted by Crippen LogP contribution is -2.17. The van der Waals surface area contributed by atoms with Gasteiger partial charge >= 0.3 is 0 Å². The van der Waals surface area contributed by atoms with E-state index >= 15 is 0 Å². The predicted octanol–water partition coefficient (Wildman–Crippen LogP) is 4.87. The van der Waals surface area contributed by atoms with Gasteiger partial charge in [-0.15, -0.1) is 0 Å². The van der Waals surface area contributed by atoms with E-state index in [0.717, 1.165) is 17.4 Å². The number of benzene rings is 2. The van der Waals surface area contributed by atoms with Crippen LogP contribution in [0.4, 0.5) is 4.39 Å². The van der Waals surface area contributed by atoms with Crippen LogP contribution in [-0.4, -0.2) is 6.54 Å². The molecule has 2 aromatic carbocycles. The molecule has 0 saturated heterocycles. The van der Waals surface area contributed by atoms with Gasteiger partial charge in [0.15, 0.2) is 0 Å². The summed E-state index contributed by atoms with van der Waals surface area (Å²) in [5.74, 6) is 0.349. The fraction of sp³-hybridized carbons (Fsp3) is 0.294. The Balaban J connectivity index is 1.76. The molecule has 0 amide bonds. The molecule has 1 nitrogen and oxygen atoms in total. The number of hydrogen-bond acceptors (Lipinski definition) is 1. The van der Waals surface area contributed by atoms with Gasteiger partial charge < -0.3 is 5.32 Å². The Morgan fingerprint density at radius 2 is 1.90 bits per heavy atom. The van der Waals surface area contributed by atoms with Gasteiger partial charge in [0, 0.05) is 16.6 Å². The first-order chi connectivity index (χ1) is 9.66. The van der Waals surface area contributed by atoms with Crippen molar-refractivity contribution in [1.29, 1.82) is 0 Å². The summed E-state index contributed by atoms with van der Waals surface area (Å²) in [4.78, 5) is 0. The fourth-order valence-corrected chi connectivity index (χ4v) is 2.49. The molecule has 0 saturated carbocycles. The Kier molecular flexibility index (Phi) is 5.74. The Labute approximate surface area is 128 Å². The molecular formula is C17H19BrFN. The highest BCUT2D eigenvalue weighted by molar-refractivity contribution is 9.10. The van der Waals surface area contributed by atoms with Crippen LogP contribution in [0.2, 0.25) is 0 Å². The molecule has 0 heterocycles. The van der Waals surface area contributed by atoms with E-state index in [2.05, 4.69) is 52.4 Å². The molecule has 0 fully saturated rings. The summed E-state index contributed by atoms with van der Waals surface area (Å²) in [6, 6.07) is 15.7. The lowest BCUT2D eigenvalue weighted by Gasteiger charge is -2.12. The van der Waals surface area contributed by atoms with Gasteiger partial charge in [-0.2, -0.15) is 0 Å². The minimum atomic E-state index is -0.164. The van der Waals surface area contributed by atoms with Crippen LogP contribution in [0.25, 0.3) is 0 Å². The van der Waals surface area contributed by atoms with Crippen molar-refractivity contribution in [3.63, 3.8) is 0 Å². The highest BCUT2D eigenvalue weighted by atomic mass is 79.9. The number of hydrogen-bond donors (Lipinski definition) is 1. The van der Waals surface area contributed by atoms with Gasteiger partial charge in [0.25, 0.3) is 0 Å². The third kappa shape index (κ3) is 4.43. The van der Waals surface area contributed by atoms with Gasteiger partial charge in [0.05, 0.1) is 0 Å². The first-order valence-electron chi connectivity index (χ1n) is 6.86. The van der Waals surface area contributed by atoms with Crippen molar-refractivity contribution in [3.8, 4) is 0 Å². The summed E-state index contributed by atoms with van der Waals surface area (Å²) >= 11 is 3.26. The second kappa shape index (κ2) is 7.55. The first-order valence-corrected chi connectivity index (χ1v) is 7.65. The topological polar surface area (TPSA) is 12.0 Å². The summed E-state index contributed by atoms with van der Waals surface area (Å²) in [7, 11) is 0. The van der Waals surface area contributed by atoms with Crippen molar-refractivity contribution >= 4 is 15.9 Å². The minimum absolute atomic E-state index is 0.164. The van der Waals surface area contributed by atoms with Crippen molar-refractivity contribution in [2.24, 2.45) is 0 Å². The van der Waals surface area contributed by atoms with E-state index in [0.29, 0.717) is 18.0 Å². The van der Waals surface area contributed by atoms with Crippen molar-refractivity contribution in [2.45, 2.75) is 25.8 Å². The fourth-order valence-electron chi connectivity index (χ4n) is 2.15.